The maximum Gasteiger partial charge on any atom is 0.125 e. The molecule has 1 aromatic carbocycles. The first-order valence-corrected chi connectivity index (χ1v) is 6.14. The number of ether oxygens (including phenoxy) is 1. The molecule has 1 heterocycles. The molecule has 0 saturated carbocycles. The second-order valence-corrected chi connectivity index (χ2v) is 4.45. The molecule has 4 nitrogen and oxygen atoms in total. The monoisotopic (exact) mass is 254 g/mol. The van der Waals surface area contributed by atoms with E-state index in [9.17, 15) is 9.50 Å². The minimum atomic E-state index is -0.249. The molecule has 2 N–H and O–H groups in total. The standard InChI is InChI=1S/C13H19FN2O2/c1-15-7-10-4-11(14)6-12(5-10)16-2-3-18-9-13(16)8-17/h4-6,13,15,17H,2-3,7-9H2,1H3. The van der Waals surface area contributed by atoms with Gasteiger partial charge in [-0.2, -0.15) is 0 Å². The Kier molecular flexibility index (Phi) is 4.52. The highest BCUT2D eigenvalue weighted by Crippen LogP contribution is 2.22. The molecule has 0 aromatic heterocycles. The lowest BCUT2D eigenvalue weighted by Gasteiger charge is -2.36. The van der Waals surface area contributed by atoms with Crippen molar-refractivity contribution >= 4 is 5.69 Å². The van der Waals surface area contributed by atoms with Gasteiger partial charge >= 0.3 is 0 Å². The maximum absolute atomic E-state index is 13.6. The first-order valence-electron chi connectivity index (χ1n) is 6.14. The van der Waals surface area contributed by atoms with Crippen molar-refractivity contribution in [3.63, 3.8) is 0 Å². The molecule has 100 valence electrons. The molecule has 1 saturated heterocycles. The first-order chi connectivity index (χ1) is 8.74. The average molecular weight is 254 g/mol. The Hall–Kier alpha value is -1.17. The predicted molar refractivity (Wildman–Crippen MR) is 68.2 cm³/mol. The van der Waals surface area contributed by atoms with E-state index in [-0.39, 0.29) is 18.5 Å². The molecule has 1 aliphatic heterocycles. The van der Waals surface area contributed by atoms with Crippen molar-refractivity contribution in [1.29, 1.82) is 0 Å². The summed E-state index contributed by atoms with van der Waals surface area (Å²) in [6.07, 6.45) is 0. The minimum Gasteiger partial charge on any atom is -0.394 e. The quantitative estimate of drug-likeness (QED) is 0.832. The summed E-state index contributed by atoms with van der Waals surface area (Å²) < 4.78 is 18.9. The molecular formula is C13H19FN2O2. The molecule has 1 atom stereocenters. The molecule has 0 radical (unpaired) electrons. The van der Waals surface area contributed by atoms with Crippen LogP contribution in [0, 0.1) is 5.82 Å². The van der Waals surface area contributed by atoms with E-state index in [1.165, 1.54) is 12.1 Å². The number of rotatable bonds is 4. The highest BCUT2D eigenvalue weighted by Gasteiger charge is 2.23. The smallest absolute Gasteiger partial charge is 0.125 e. The van der Waals surface area contributed by atoms with Crippen LogP contribution < -0.4 is 10.2 Å². The Morgan fingerprint density at radius 3 is 3.06 bits per heavy atom. The van der Waals surface area contributed by atoms with Crippen molar-refractivity contribution in [3.05, 3.63) is 29.6 Å². The van der Waals surface area contributed by atoms with Crippen molar-refractivity contribution in [1.82, 2.24) is 5.32 Å². The van der Waals surface area contributed by atoms with Gasteiger partial charge in [0.1, 0.15) is 5.82 Å². The number of nitrogens with one attached hydrogen (secondary N) is 1. The highest BCUT2D eigenvalue weighted by atomic mass is 19.1. The Labute approximate surface area is 106 Å². The maximum atomic E-state index is 13.6. The molecule has 0 amide bonds. The Morgan fingerprint density at radius 2 is 2.33 bits per heavy atom. The molecule has 1 unspecified atom stereocenters. The van der Waals surface area contributed by atoms with Gasteiger partial charge in [0.15, 0.2) is 0 Å². The van der Waals surface area contributed by atoms with Crippen molar-refractivity contribution in [2.45, 2.75) is 12.6 Å². The SMILES string of the molecule is CNCc1cc(F)cc(N2CCOCC2CO)c1. The van der Waals surface area contributed by atoms with E-state index < -0.39 is 0 Å². The summed E-state index contributed by atoms with van der Waals surface area (Å²) in [4.78, 5) is 2.01. The largest absolute Gasteiger partial charge is 0.394 e. The average Bonchev–Trinajstić information content (AvgIpc) is 2.38. The number of hydrogen-bond donors (Lipinski definition) is 2. The van der Waals surface area contributed by atoms with Crippen LogP contribution in [-0.4, -0.2) is 44.6 Å². The Morgan fingerprint density at radius 1 is 1.50 bits per heavy atom. The lowest BCUT2D eigenvalue weighted by molar-refractivity contribution is 0.0727. The van der Waals surface area contributed by atoms with Crippen LogP contribution in [0.25, 0.3) is 0 Å². The van der Waals surface area contributed by atoms with Crippen LogP contribution in [0.1, 0.15) is 5.56 Å². The van der Waals surface area contributed by atoms with E-state index in [0.717, 1.165) is 11.3 Å². The van der Waals surface area contributed by atoms with Crippen molar-refractivity contribution < 1.29 is 14.2 Å². The molecule has 5 heteroatoms. The molecule has 1 aliphatic rings. The molecule has 18 heavy (non-hydrogen) atoms. The minimum absolute atomic E-state index is 0.0118. The third-order valence-corrected chi connectivity index (χ3v) is 3.09. The van der Waals surface area contributed by atoms with Gasteiger partial charge < -0.3 is 20.1 Å². The summed E-state index contributed by atoms with van der Waals surface area (Å²) in [7, 11) is 1.83. The number of aliphatic hydroxyl groups excluding tert-OH is 1. The molecule has 0 spiro atoms. The molecule has 2 rings (SSSR count). The number of morpholine rings is 1. The van der Waals surface area contributed by atoms with Crippen molar-refractivity contribution in [3.8, 4) is 0 Å². The van der Waals surface area contributed by atoms with Crippen LogP contribution in [-0.2, 0) is 11.3 Å². The fraction of sp³-hybridized carbons (Fsp3) is 0.538. The fourth-order valence-electron chi connectivity index (χ4n) is 2.25. The van der Waals surface area contributed by atoms with E-state index in [1.807, 2.05) is 18.0 Å². The van der Waals surface area contributed by atoms with E-state index in [1.54, 1.807) is 0 Å². The van der Waals surface area contributed by atoms with Gasteiger partial charge in [0.05, 0.1) is 25.9 Å². The van der Waals surface area contributed by atoms with Crippen LogP contribution in [0.3, 0.4) is 0 Å². The van der Waals surface area contributed by atoms with Crippen LogP contribution in [0.15, 0.2) is 18.2 Å². The molecule has 0 aliphatic carbocycles. The number of aliphatic hydroxyl groups is 1. The van der Waals surface area contributed by atoms with Crippen LogP contribution >= 0.6 is 0 Å². The third-order valence-electron chi connectivity index (χ3n) is 3.09. The van der Waals surface area contributed by atoms with Crippen LogP contribution in [0.2, 0.25) is 0 Å². The van der Waals surface area contributed by atoms with E-state index in [4.69, 9.17) is 4.74 Å². The summed E-state index contributed by atoms with van der Waals surface area (Å²) in [6.45, 7) is 2.40. The van der Waals surface area contributed by atoms with Gasteiger partial charge in [-0.05, 0) is 30.8 Å². The van der Waals surface area contributed by atoms with Crippen molar-refractivity contribution in [2.24, 2.45) is 0 Å². The third kappa shape index (κ3) is 2.98. The molecule has 1 fully saturated rings. The van der Waals surface area contributed by atoms with Gasteiger partial charge in [-0.1, -0.05) is 0 Å². The number of nitrogens with zero attached hydrogens (tertiary/aromatic N) is 1. The van der Waals surface area contributed by atoms with E-state index in [0.29, 0.717) is 26.3 Å². The fourth-order valence-corrected chi connectivity index (χ4v) is 2.25. The zero-order valence-corrected chi connectivity index (χ0v) is 10.5. The number of benzene rings is 1. The summed E-state index contributed by atoms with van der Waals surface area (Å²) in [5, 5.41) is 12.3. The van der Waals surface area contributed by atoms with Crippen LogP contribution in [0.4, 0.5) is 10.1 Å². The summed E-state index contributed by atoms with van der Waals surface area (Å²) in [5.74, 6) is -0.249. The predicted octanol–water partition coefficient (Wildman–Crippen LogP) is 0.743. The second-order valence-electron chi connectivity index (χ2n) is 4.45. The van der Waals surface area contributed by atoms with Gasteiger partial charge in [-0.25, -0.2) is 4.39 Å². The summed E-state index contributed by atoms with van der Waals surface area (Å²) in [6, 6.07) is 4.89. The summed E-state index contributed by atoms with van der Waals surface area (Å²) >= 11 is 0. The number of hydrogen-bond acceptors (Lipinski definition) is 4. The zero-order valence-electron chi connectivity index (χ0n) is 10.5. The molecule has 0 bridgehead atoms. The zero-order chi connectivity index (χ0) is 13.0. The molecule has 1 aromatic rings. The van der Waals surface area contributed by atoms with Crippen LogP contribution in [0.5, 0.6) is 0 Å². The highest BCUT2D eigenvalue weighted by molar-refractivity contribution is 5.50. The second kappa shape index (κ2) is 6.13. The van der Waals surface area contributed by atoms with Gasteiger partial charge in [-0.15, -0.1) is 0 Å². The lowest BCUT2D eigenvalue weighted by atomic mass is 10.1. The first kappa shape index (κ1) is 13.3. The molecular weight excluding hydrogens is 235 g/mol. The van der Waals surface area contributed by atoms with Gasteiger partial charge in [-0.3, -0.25) is 0 Å². The summed E-state index contributed by atoms with van der Waals surface area (Å²) in [5.41, 5.74) is 1.71. The van der Waals surface area contributed by atoms with E-state index >= 15 is 0 Å². The van der Waals surface area contributed by atoms with Gasteiger partial charge in [0.2, 0.25) is 0 Å². The number of anilines is 1. The topological polar surface area (TPSA) is 44.7 Å². The number of halogens is 1. The normalized spacial score (nSPS) is 20.2. The lowest BCUT2D eigenvalue weighted by Crippen LogP contribution is -2.47. The Balaban J connectivity index is 2.24. The van der Waals surface area contributed by atoms with E-state index in [2.05, 4.69) is 5.32 Å². The van der Waals surface area contributed by atoms with Crippen molar-refractivity contribution in [2.75, 3.05) is 38.3 Å². The van der Waals surface area contributed by atoms with Gasteiger partial charge in [0, 0.05) is 18.8 Å². The Bertz CT molecular complexity index is 401. The van der Waals surface area contributed by atoms with Gasteiger partial charge in [0.25, 0.3) is 0 Å².